The van der Waals surface area contributed by atoms with Gasteiger partial charge in [-0.1, -0.05) is 18.2 Å². The van der Waals surface area contributed by atoms with Crippen molar-refractivity contribution in [3.63, 3.8) is 0 Å². The maximum atomic E-state index is 12.9. The maximum absolute atomic E-state index is 12.9. The minimum Gasteiger partial charge on any atom is -0.493 e. The van der Waals surface area contributed by atoms with Crippen LogP contribution in [0.4, 0.5) is 19.0 Å². The fourth-order valence-electron chi connectivity index (χ4n) is 2.94. The summed E-state index contributed by atoms with van der Waals surface area (Å²) >= 11 is 0. The van der Waals surface area contributed by atoms with E-state index in [0.29, 0.717) is 16.9 Å². The normalized spacial score (nSPS) is 11.4. The number of carbonyl (C=O) groups excluding carboxylic acids is 2. The summed E-state index contributed by atoms with van der Waals surface area (Å²) in [4.78, 5) is 27.5. The number of hydrogen-bond donors (Lipinski definition) is 1. The van der Waals surface area contributed by atoms with E-state index in [1.165, 1.54) is 44.8 Å². The average molecular weight is 459 g/mol. The largest absolute Gasteiger partial charge is 0.493 e. The number of amides is 1. The van der Waals surface area contributed by atoms with E-state index in [1.807, 2.05) is 0 Å². The third-order valence-electron chi connectivity index (χ3n) is 4.37. The Morgan fingerprint density at radius 3 is 2.64 bits per heavy atom. The molecule has 1 aromatic heterocycles. The first-order valence-corrected chi connectivity index (χ1v) is 9.67. The van der Waals surface area contributed by atoms with Crippen LogP contribution < -0.4 is 14.8 Å². The number of esters is 1. The highest BCUT2D eigenvalue weighted by Gasteiger charge is 2.30. The molecule has 0 saturated heterocycles. The molecule has 0 aliphatic heterocycles. The molecule has 3 aromatic rings. The third-order valence-corrected chi connectivity index (χ3v) is 4.37. The van der Waals surface area contributed by atoms with E-state index >= 15 is 0 Å². The van der Waals surface area contributed by atoms with Gasteiger partial charge < -0.3 is 19.4 Å². The first-order valence-electron chi connectivity index (χ1n) is 9.67. The number of halogens is 3. The van der Waals surface area contributed by atoms with Gasteiger partial charge in [-0.3, -0.25) is 9.59 Å². The molecule has 0 atom stereocenters. The lowest BCUT2D eigenvalue weighted by Gasteiger charge is -2.09. The van der Waals surface area contributed by atoms with Gasteiger partial charge in [-0.2, -0.15) is 13.2 Å². The van der Waals surface area contributed by atoms with Crippen LogP contribution in [0.5, 0.6) is 11.5 Å². The highest BCUT2D eigenvalue weighted by Crippen LogP contribution is 2.30. The molecular weight excluding hydrogens is 439 g/mol. The molecule has 1 heterocycles. The van der Waals surface area contributed by atoms with Gasteiger partial charge in [0.15, 0.2) is 17.3 Å². The molecule has 0 aliphatic rings. The van der Waals surface area contributed by atoms with Gasteiger partial charge in [0, 0.05) is 25.7 Å². The van der Waals surface area contributed by atoms with E-state index in [4.69, 9.17) is 9.47 Å². The number of anilines is 1. The number of benzene rings is 2. The number of nitrogens with one attached hydrogen (secondary N) is 1. The summed E-state index contributed by atoms with van der Waals surface area (Å²) in [5.41, 5.74) is 0.314. The summed E-state index contributed by atoms with van der Waals surface area (Å²) < 4.78 is 50.4. The monoisotopic (exact) mass is 459 g/mol. The first kappa shape index (κ1) is 23.6. The van der Waals surface area contributed by atoms with Gasteiger partial charge in [-0.25, -0.2) is 4.98 Å². The molecule has 0 radical (unpaired) electrons. The molecule has 0 unspecified atom stereocenters. The summed E-state index contributed by atoms with van der Waals surface area (Å²) in [5, 5.41) is 2.58. The molecule has 3 rings (SSSR count). The summed E-state index contributed by atoms with van der Waals surface area (Å²) in [7, 11) is 1.44. The smallest absolute Gasteiger partial charge is 0.416 e. The van der Waals surface area contributed by atoms with E-state index in [9.17, 15) is 22.8 Å². The van der Waals surface area contributed by atoms with Gasteiger partial charge in [0.25, 0.3) is 0 Å². The van der Waals surface area contributed by atoms with Gasteiger partial charge in [-0.05, 0) is 41.5 Å². The van der Waals surface area contributed by atoms with E-state index in [2.05, 4.69) is 10.3 Å². The lowest BCUT2D eigenvalue weighted by Crippen LogP contribution is -2.08. The van der Waals surface area contributed by atoms with Crippen LogP contribution in [0.3, 0.4) is 0 Å². The molecule has 1 amide bonds. The van der Waals surface area contributed by atoms with Crippen molar-refractivity contribution >= 4 is 23.8 Å². The standard InChI is InChI=1S/C23H20F3N3O4/c1-15(30)33-20-11-16(6-8-19(20)32-2)7-9-22(31)28-21-13-29(14-27-21)12-17-4-3-5-18(10-17)23(24,25)26/h3-11,13-14H,12H2,1-2H3,(H,28,31)/b9-7+. The molecule has 0 bridgehead atoms. The predicted octanol–water partition coefficient (Wildman–Crippen LogP) is 4.54. The Kier molecular flexibility index (Phi) is 7.17. The molecule has 7 nitrogen and oxygen atoms in total. The number of carbonyl (C=O) groups is 2. The van der Waals surface area contributed by atoms with Crippen LogP contribution in [0.2, 0.25) is 0 Å². The van der Waals surface area contributed by atoms with Gasteiger partial charge in [-0.15, -0.1) is 0 Å². The second kappa shape index (κ2) is 10.0. The van der Waals surface area contributed by atoms with Crippen molar-refractivity contribution in [2.75, 3.05) is 12.4 Å². The van der Waals surface area contributed by atoms with Crippen LogP contribution in [0.15, 0.2) is 61.1 Å². The van der Waals surface area contributed by atoms with E-state index in [1.54, 1.807) is 28.8 Å². The van der Waals surface area contributed by atoms with Crippen LogP contribution in [0.1, 0.15) is 23.6 Å². The minimum atomic E-state index is -4.42. The molecule has 0 aliphatic carbocycles. The highest BCUT2D eigenvalue weighted by atomic mass is 19.4. The van der Waals surface area contributed by atoms with Crippen molar-refractivity contribution in [1.82, 2.24) is 9.55 Å². The minimum absolute atomic E-state index is 0.160. The third kappa shape index (κ3) is 6.70. The van der Waals surface area contributed by atoms with Gasteiger partial charge in [0.05, 0.1) is 19.0 Å². The summed E-state index contributed by atoms with van der Waals surface area (Å²) in [6.45, 7) is 1.43. The van der Waals surface area contributed by atoms with Gasteiger partial charge in [0.2, 0.25) is 5.91 Å². The number of rotatable bonds is 7. The number of nitrogens with zero attached hydrogens (tertiary/aromatic N) is 2. The van der Waals surface area contributed by atoms with Crippen molar-refractivity contribution in [3.8, 4) is 11.5 Å². The molecule has 0 saturated carbocycles. The molecular formula is C23H20F3N3O4. The van der Waals surface area contributed by atoms with Crippen LogP contribution in [0.25, 0.3) is 6.08 Å². The summed E-state index contributed by atoms with van der Waals surface area (Å²) in [6, 6.07) is 9.83. The quantitative estimate of drug-likeness (QED) is 0.319. The van der Waals surface area contributed by atoms with Crippen molar-refractivity contribution in [1.29, 1.82) is 0 Å². The zero-order chi connectivity index (χ0) is 24.0. The van der Waals surface area contributed by atoms with Crippen molar-refractivity contribution in [2.24, 2.45) is 0 Å². The molecule has 1 N–H and O–H groups in total. The molecule has 2 aromatic carbocycles. The SMILES string of the molecule is COc1ccc(/C=C/C(=O)Nc2cn(Cc3cccc(C(F)(F)F)c3)cn2)cc1OC(C)=O. The maximum Gasteiger partial charge on any atom is 0.416 e. The second-order valence-corrected chi connectivity index (χ2v) is 6.96. The Hall–Kier alpha value is -4.08. The van der Waals surface area contributed by atoms with Crippen LogP contribution >= 0.6 is 0 Å². The molecule has 0 fully saturated rings. The van der Waals surface area contributed by atoms with Gasteiger partial charge in [0.1, 0.15) is 0 Å². The average Bonchev–Trinajstić information content (AvgIpc) is 3.18. The molecule has 10 heteroatoms. The van der Waals surface area contributed by atoms with E-state index in [-0.39, 0.29) is 18.1 Å². The number of ether oxygens (including phenoxy) is 2. The topological polar surface area (TPSA) is 82.4 Å². The predicted molar refractivity (Wildman–Crippen MR) is 115 cm³/mol. The fourth-order valence-corrected chi connectivity index (χ4v) is 2.94. The Bertz CT molecular complexity index is 1190. The zero-order valence-corrected chi connectivity index (χ0v) is 17.7. The van der Waals surface area contributed by atoms with Crippen LogP contribution in [0, 0.1) is 0 Å². The highest BCUT2D eigenvalue weighted by molar-refractivity contribution is 6.01. The number of hydrogen-bond acceptors (Lipinski definition) is 5. The van der Waals surface area contributed by atoms with Crippen LogP contribution in [-0.2, 0) is 22.3 Å². The van der Waals surface area contributed by atoms with Gasteiger partial charge >= 0.3 is 12.1 Å². The Labute approximate surface area is 187 Å². The van der Waals surface area contributed by atoms with Crippen LogP contribution in [-0.4, -0.2) is 28.5 Å². The zero-order valence-electron chi connectivity index (χ0n) is 17.7. The van der Waals surface area contributed by atoms with Crippen molar-refractivity contribution in [2.45, 2.75) is 19.6 Å². The summed E-state index contributed by atoms with van der Waals surface area (Å²) in [6.07, 6.45) is 1.29. The lowest BCUT2D eigenvalue weighted by atomic mass is 10.1. The number of aromatic nitrogens is 2. The van der Waals surface area contributed by atoms with E-state index < -0.39 is 23.6 Å². The molecule has 33 heavy (non-hydrogen) atoms. The van der Waals surface area contributed by atoms with Crippen molar-refractivity contribution < 1.29 is 32.2 Å². The fraction of sp³-hybridized carbons (Fsp3) is 0.174. The summed E-state index contributed by atoms with van der Waals surface area (Å²) in [5.74, 6) is -0.136. The first-order chi connectivity index (χ1) is 15.6. The second-order valence-electron chi connectivity index (χ2n) is 6.96. The number of imidazole rings is 1. The Morgan fingerprint density at radius 2 is 1.94 bits per heavy atom. The molecule has 0 spiro atoms. The molecule has 172 valence electrons. The number of methoxy groups -OCH3 is 1. The van der Waals surface area contributed by atoms with E-state index in [0.717, 1.165) is 12.1 Å². The van der Waals surface area contributed by atoms with Crippen molar-refractivity contribution in [3.05, 3.63) is 77.8 Å². The lowest BCUT2D eigenvalue weighted by molar-refractivity contribution is -0.137. The Balaban J connectivity index is 1.63. The Morgan fingerprint density at radius 1 is 1.15 bits per heavy atom. The number of alkyl halides is 3.